The van der Waals surface area contributed by atoms with Gasteiger partial charge < -0.3 is 26.2 Å². The SMILES string of the molecule is C[C@@H](NC(=O)OC(C)(C)C)C(=O)N[C@@H](CCC(=O)O)C(N)=O. The fourth-order valence-electron chi connectivity index (χ4n) is 1.40. The summed E-state index contributed by atoms with van der Waals surface area (Å²) in [4.78, 5) is 45.1. The Kier molecular flexibility index (Phi) is 7.34. The van der Waals surface area contributed by atoms with E-state index < -0.39 is 41.6 Å². The van der Waals surface area contributed by atoms with Crippen LogP contribution in [0.25, 0.3) is 0 Å². The smallest absolute Gasteiger partial charge is 0.408 e. The molecule has 0 aliphatic rings. The summed E-state index contributed by atoms with van der Waals surface area (Å²) < 4.78 is 4.99. The molecule has 0 aromatic rings. The van der Waals surface area contributed by atoms with E-state index in [0.717, 1.165) is 0 Å². The topological polar surface area (TPSA) is 148 Å². The summed E-state index contributed by atoms with van der Waals surface area (Å²) in [6.45, 7) is 6.42. The number of amides is 3. The maximum absolute atomic E-state index is 11.9. The number of carbonyl (C=O) groups is 4. The predicted molar refractivity (Wildman–Crippen MR) is 76.8 cm³/mol. The number of carbonyl (C=O) groups excluding carboxylic acids is 3. The van der Waals surface area contributed by atoms with Crippen LogP contribution in [0.5, 0.6) is 0 Å². The first kappa shape index (κ1) is 19.7. The van der Waals surface area contributed by atoms with E-state index >= 15 is 0 Å². The van der Waals surface area contributed by atoms with E-state index in [-0.39, 0.29) is 12.8 Å². The third-order valence-corrected chi connectivity index (χ3v) is 2.43. The van der Waals surface area contributed by atoms with Crippen molar-refractivity contribution in [2.45, 2.75) is 58.2 Å². The van der Waals surface area contributed by atoms with Crippen LogP contribution < -0.4 is 16.4 Å². The molecule has 126 valence electrons. The molecule has 2 atom stereocenters. The summed E-state index contributed by atoms with van der Waals surface area (Å²) in [5.74, 6) is -2.63. The van der Waals surface area contributed by atoms with E-state index in [4.69, 9.17) is 15.6 Å². The van der Waals surface area contributed by atoms with Gasteiger partial charge in [0, 0.05) is 6.42 Å². The number of hydrogen-bond donors (Lipinski definition) is 4. The van der Waals surface area contributed by atoms with Crippen molar-refractivity contribution in [3.05, 3.63) is 0 Å². The maximum atomic E-state index is 11.9. The Morgan fingerprint density at radius 2 is 1.73 bits per heavy atom. The number of primary amides is 1. The molecular formula is C13H23N3O6. The van der Waals surface area contributed by atoms with Crippen LogP contribution in [0.4, 0.5) is 4.79 Å². The van der Waals surface area contributed by atoms with E-state index in [1.54, 1.807) is 20.8 Å². The number of alkyl carbamates (subject to hydrolysis) is 1. The molecule has 22 heavy (non-hydrogen) atoms. The van der Waals surface area contributed by atoms with E-state index in [0.29, 0.717) is 0 Å². The number of carboxylic acid groups (broad SMARTS) is 1. The number of hydrogen-bond acceptors (Lipinski definition) is 5. The predicted octanol–water partition coefficient (Wildman–Crippen LogP) is -0.265. The van der Waals surface area contributed by atoms with E-state index in [9.17, 15) is 19.2 Å². The van der Waals surface area contributed by atoms with Crippen molar-refractivity contribution in [1.82, 2.24) is 10.6 Å². The van der Waals surface area contributed by atoms with Gasteiger partial charge in [-0.2, -0.15) is 0 Å². The molecule has 0 heterocycles. The Balaban J connectivity index is 4.50. The first-order chi connectivity index (χ1) is 9.92. The zero-order valence-electron chi connectivity index (χ0n) is 13.1. The second kappa shape index (κ2) is 8.20. The van der Waals surface area contributed by atoms with Gasteiger partial charge >= 0.3 is 12.1 Å². The molecule has 0 saturated heterocycles. The van der Waals surface area contributed by atoms with Crippen LogP contribution in [0.3, 0.4) is 0 Å². The molecule has 0 fully saturated rings. The minimum absolute atomic E-state index is 0.129. The molecule has 0 aliphatic carbocycles. The van der Waals surface area contributed by atoms with Gasteiger partial charge in [0.1, 0.15) is 17.7 Å². The van der Waals surface area contributed by atoms with Gasteiger partial charge in [0.15, 0.2) is 0 Å². The number of rotatable bonds is 7. The number of nitrogens with two attached hydrogens (primary N) is 1. The summed E-state index contributed by atoms with van der Waals surface area (Å²) in [7, 11) is 0. The van der Waals surface area contributed by atoms with E-state index in [1.807, 2.05) is 0 Å². The van der Waals surface area contributed by atoms with Crippen molar-refractivity contribution in [3.8, 4) is 0 Å². The third kappa shape index (κ3) is 8.77. The van der Waals surface area contributed by atoms with Crippen LogP contribution in [-0.4, -0.2) is 46.7 Å². The van der Waals surface area contributed by atoms with Crippen molar-refractivity contribution in [3.63, 3.8) is 0 Å². The fourth-order valence-corrected chi connectivity index (χ4v) is 1.40. The summed E-state index contributed by atoms with van der Waals surface area (Å²) in [5, 5.41) is 13.2. The quantitative estimate of drug-likeness (QED) is 0.508. The first-order valence-corrected chi connectivity index (χ1v) is 6.73. The maximum Gasteiger partial charge on any atom is 0.408 e. The molecule has 0 spiro atoms. The Morgan fingerprint density at radius 1 is 1.18 bits per heavy atom. The highest BCUT2D eigenvalue weighted by molar-refractivity contribution is 5.90. The minimum atomic E-state index is -1.12. The van der Waals surface area contributed by atoms with Gasteiger partial charge in [-0.3, -0.25) is 14.4 Å². The molecular weight excluding hydrogens is 294 g/mol. The van der Waals surface area contributed by atoms with Gasteiger partial charge in [-0.05, 0) is 34.1 Å². The molecule has 0 aromatic heterocycles. The minimum Gasteiger partial charge on any atom is -0.481 e. The van der Waals surface area contributed by atoms with Crippen LogP contribution in [0.2, 0.25) is 0 Å². The third-order valence-electron chi connectivity index (χ3n) is 2.43. The lowest BCUT2D eigenvalue weighted by Crippen LogP contribution is -2.52. The average Bonchev–Trinajstić information content (AvgIpc) is 2.30. The molecule has 0 aromatic carbocycles. The number of nitrogens with one attached hydrogen (secondary N) is 2. The van der Waals surface area contributed by atoms with Crippen LogP contribution in [0, 0.1) is 0 Å². The first-order valence-electron chi connectivity index (χ1n) is 6.73. The number of ether oxygens (including phenoxy) is 1. The Bertz CT molecular complexity index is 444. The van der Waals surface area contributed by atoms with Crippen molar-refractivity contribution in [1.29, 1.82) is 0 Å². The summed E-state index contributed by atoms with van der Waals surface area (Å²) in [5.41, 5.74) is 4.39. The molecule has 0 radical (unpaired) electrons. The second-order valence-corrected chi connectivity index (χ2v) is 5.76. The molecule has 9 nitrogen and oxygen atoms in total. The highest BCUT2D eigenvalue weighted by Crippen LogP contribution is 2.06. The molecule has 0 bridgehead atoms. The van der Waals surface area contributed by atoms with Crippen molar-refractivity contribution in [2.75, 3.05) is 0 Å². The van der Waals surface area contributed by atoms with Gasteiger partial charge in [0.05, 0.1) is 0 Å². The van der Waals surface area contributed by atoms with Gasteiger partial charge in [-0.25, -0.2) is 4.79 Å². The Morgan fingerprint density at radius 3 is 2.14 bits per heavy atom. The molecule has 9 heteroatoms. The van der Waals surface area contributed by atoms with E-state index in [2.05, 4.69) is 10.6 Å². The normalized spacial score (nSPS) is 13.6. The van der Waals surface area contributed by atoms with Crippen molar-refractivity contribution < 1.29 is 29.0 Å². The van der Waals surface area contributed by atoms with Gasteiger partial charge in [0.2, 0.25) is 11.8 Å². The van der Waals surface area contributed by atoms with Gasteiger partial charge in [-0.15, -0.1) is 0 Å². The van der Waals surface area contributed by atoms with Crippen LogP contribution >= 0.6 is 0 Å². The largest absolute Gasteiger partial charge is 0.481 e. The molecule has 0 rings (SSSR count). The van der Waals surface area contributed by atoms with Crippen LogP contribution in [0.1, 0.15) is 40.5 Å². The van der Waals surface area contributed by atoms with Gasteiger partial charge in [-0.1, -0.05) is 0 Å². The summed E-state index contributed by atoms with van der Waals surface area (Å²) in [6.07, 6.45) is -1.23. The lowest BCUT2D eigenvalue weighted by atomic mass is 10.1. The Labute approximate surface area is 128 Å². The molecule has 0 saturated carbocycles. The zero-order valence-corrected chi connectivity index (χ0v) is 13.1. The molecule has 3 amide bonds. The van der Waals surface area contributed by atoms with Crippen LogP contribution in [0.15, 0.2) is 0 Å². The molecule has 0 aliphatic heterocycles. The lowest BCUT2D eigenvalue weighted by molar-refractivity contribution is -0.137. The van der Waals surface area contributed by atoms with Crippen molar-refractivity contribution >= 4 is 23.9 Å². The molecule has 5 N–H and O–H groups in total. The zero-order chi connectivity index (χ0) is 17.5. The number of aliphatic carboxylic acids is 1. The highest BCUT2D eigenvalue weighted by atomic mass is 16.6. The Hall–Kier alpha value is -2.32. The average molecular weight is 317 g/mol. The van der Waals surface area contributed by atoms with E-state index in [1.165, 1.54) is 6.92 Å². The summed E-state index contributed by atoms with van der Waals surface area (Å²) in [6, 6.07) is -2.09. The highest BCUT2D eigenvalue weighted by Gasteiger charge is 2.25. The second-order valence-electron chi connectivity index (χ2n) is 5.76. The monoisotopic (exact) mass is 317 g/mol. The van der Waals surface area contributed by atoms with Gasteiger partial charge in [0.25, 0.3) is 0 Å². The van der Waals surface area contributed by atoms with Crippen molar-refractivity contribution in [2.24, 2.45) is 5.73 Å². The standard InChI is InChI=1S/C13H23N3O6/c1-7(15-12(21)22-13(2,3)4)11(20)16-8(10(14)19)5-6-9(17)18/h7-8H,5-6H2,1-4H3,(H2,14,19)(H,15,21)(H,16,20)(H,17,18)/t7-,8+/m1/s1. The summed E-state index contributed by atoms with van der Waals surface area (Å²) >= 11 is 0. The van der Waals surface area contributed by atoms with Crippen LogP contribution in [-0.2, 0) is 19.1 Å². The molecule has 0 unspecified atom stereocenters. The number of carboxylic acids is 1. The lowest BCUT2D eigenvalue weighted by Gasteiger charge is -2.22. The fraction of sp³-hybridized carbons (Fsp3) is 0.692.